The number of carbonyl (C=O) groups is 4. The van der Waals surface area contributed by atoms with Crippen molar-refractivity contribution in [1.29, 1.82) is 0 Å². The molecule has 0 aliphatic carbocycles. The number of nitrogens with one attached hydrogen (secondary N) is 2. The Kier molecular flexibility index (Phi) is 17.7. The van der Waals surface area contributed by atoms with Crippen molar-refractivity contribution in [2.45, 2.75) is 78.9 Å². The monoisotopic (exact) mass is 773 g/mol. The molecule has 0 spiro atoms. The Bertz CT molecular complexity index is 1670. The van der Waals surface area contributed by atoms with Crippen LogP contribution in [0.25, 0.3) is 0 Å². The van der Waals surface area contributed by atoms with Crippen LogP contribution in [0.2, 0.25) is 10.0 Å². The fourth-order valence-electron chi connectivity index (χ4n) is 4.62. The Hall–Kier alpha value is -4.72. The highest BCUT2D eigenvalue weighted by molar-refractivity contribution is 6.40. The minimum atomic E-state index is -1.32. The fourth-order valence-corrected chi connectivity index (χ4v) is 5.25. The van der Waals surface area contributed by atoms with E-state index in [-0.39, 0.29) is 53.3 Å². The van der Waals surface area contributed by atoms with Gasteiger partial charge in [0.25, 0.3) is 5.91 Å². The minimum Gasteiger partial charge on any atom is -0.490 e. The number of amidine groups is 1. The molecule has 0 bridgehead atoms. The van der Waals surface area contributed by atoms with E-state index in [1.807, 2.05) is 0 Å². The van der Waals surface area contributed by atoms with Crippen LogP contribution in [0.3, 0.4) is 0 Å². The predicted octanol–water partition coefficient (Wildman–Crippen LogP) is 7.45. The van der Waals surface area contributed by atoms with Crippen LogP contribution in [-0.4, -0.2) is 82.9 Å². The number of aliphatic imine (C=N–C) groups is 1. The number of hydrogen-bond donors (Lipinski definition) is 3. The summed E-state index contributed by atoms with van der Waals surface area (Å²) in [4.78, 5) is 61.0. The van der Waals surface area contributed by atoms with Gasteiger partial charge in [-0.15, -0.1) is 0 Å². The molecule has 15 heteroatoms. The van der Waals surface area contributed by atoms with E-state index in [1.165, 1.54) is 18.2 Å². The van der Waals surface area contributed by atoms with E-state index < -0.39 is 35.0 Å². The lowest BCUT2D eigenvalue weighted by Gasteiger charge is -2.34. The topological polar surface area (TPSA) is 168 Å². The Labute approximate surface area is 321 Å². The molecule has 0 fully saturated rings. The number of ether oxygens (including phenoxy) is 2. The van der Waals surface area contributed by atoms with Crippen LogP contribution in [0.4, 0.5) is 10.5 Å². The van der Waals surface area contributed by atoms with Gasteiger partial charge in [-0.05, 0) is 103 Å². The van der Waals surface area contributed by atoms with Gasteiger partial charge in [0.05, 0.1) is 34.4 Å². The second kappa shape index (κ2) is 21.1. The lowest BCUT2D eigenvalue weighted by molar-refractivity contribution is -0.148. The van der Waals surface area contributed by atoms with E-state index in [4.69, 9.17) is 37.5 Å². The molecule has 0 aromatic heterocycles. The predicted molar refractivity (Wildman–Crippen MR) is 208 cm³/mol. The number of hydrogen-bond acceptors (Lipinski definition) is 9. The zero-order valence-electron chi connectivity index (χ0n) is 31.3. The molecule has 0 radical (unpaired) electrons. The number of carbonyl (C=O) groups excluding carboxylic acids is 3. The molecule has 3 N–H and O–H groups in total. The van der Waals surface area contributed by atoms with E-state index in [1.54, 1.807) is 84.9 Å². The molecule has 3 amide bonds. The first kappa shape index (κ1) is 44.4. The Morgan fingerprint density at radius 3 is 2.21 bits per heavy atom. The quantitative estimate of drug-likeness (QED) is 0.0281. The smallest absolute Gasteiger partial charge is 0.413 e. The van der Waals surface area contributed by atoms with Gasteiger partial charge in [0, 0.05) is 23.6 Å². The molecule has 0 aliphatic rings. The maximum Gasteiger partial charge on any atom is 0.413 e. The second-order valence-corrected chi connectivity index (χ2v) is 14.3. The highest BCUT2D eigenvalue weighted by Crippen LogP contribution is 2.33. The minimum absolute atomic E-state index is 0.0609. The normalized spacial score (nSPS) is 12.3. The van der Waals surface area contributed by atoms with Crippen LogP contribution in [0, 0.1) is 0 Å². The highest BCUT2D eigenvalue weighted by atomic mass is 35.5. The number of halogens is 2. The molecule has 53 heavy (non-hydrogen) atoms. The van der Waals surface area contributed by atoms with Crippen molar-refractivity contribution in [3.8, 4) is 5.75 Å². The molecular weight excluding hydrogens is 725 g/mol. The SMILES string of the molecule is C=CCOc1ccc(C(CC(=O)N=C(Cc2cc(Cl)c(NC(=O)CNCCC=CC(=O)OC(C)(C)C)c(Cl)c2)N(C(=O)O)C(C)(C)C)=NOCC)cc1. The molecule has 2 rings (SSSR count). The van der Waals surface area contributed by atoms with Crippen LogP contribution in [0.5, 0.6) is 5.75 Å². The molecule has 0 aliphatic heterocycles. The number of amides is 3. The first-order chi connectivity index (χ1) is 24.8. The standard InChI is InChI=1S/C38H49Cl2N5O8/c1-9-19-51-27-16-14-26(15-17-27)30(44-52-10-2)23-32(46)42-31(45(36(49)50)37(3,4)5)22-25-20-28(39)35(29(40)21-25)43-33(47)24-41-18-12-11-13-34(48)53-38(6,7)8/h9,11,13-17,20-21,41H,1,10,12,18-19,22-24H2,2-8H3,(H,43,47)(H,49,50). The Balaban J connectivity index is 2.25. The summed E-state index contributed by atoms with van der Waals surface area (Å²) < 4.78 is 10.7. The fraction of sp³-hybridized carbons (Fsp3) is 0.421. The van der Waals surface area contributed by atoms with Crippen molar-refractivity contribution in [2.75, 3.05) is 31.6 Å². The third-order valence-corrected chi connectivity index (χ3v) is 7.31. The summed E-state index contributed by atoms with van der Waals surface area (Å²) in [5, 5.41) is 20.2. The zero-order valence-corrected chi connectivity index (χ0v) is 32.8. The molecule has 0 atom stereocenters. The van der Waals surface area contributed by atoms with Gasteiger partial charge < -0.3 is 30.1 Å². The summed E-state index contributed by atoms with van der Waals surface area (Å²) in [5.74, 6) is -1.02. The Morgan fingerprint density at radius 2 is 1.66 bits per heavy atom. The van der Waals surface area contributed by atoms with Crippen LogP contribution in [-0.2, 0) is 30.4 Å². The Morgan fingerprint density at radius 1 is 1.02 bits per heavy atom. The maximum absolute atomic E-state index is 13.5. The van der Waals surface area contributed by atoms with Crippen molar-refractivity contribution in [3.05, 3.63) is 82.4 Å². The number of carboxylic acid groups (broad SMARTS) is 1. The van der Waals surface area contributed by atoms with Gasteiger partial charge in [0.2, 0.25) is 5.91 Å². The number of oxime groups is 1. The van der Waals surface area contributed by atoms with Crippen molar-refractivity contribution in [3.63, 3.8) is 0 Å². The van der Waals surface area contributed by atoms with Crippen LogP contribution >= 0.6 is 23.2 Å². The van der Waals surface area contributed by atoms with Gasteiger partial charge in [-0.3, -0.25) is 14.5 Å². The highest BCUT2D eigenvalue weighted by Gasteiger charge is 2.32. The molecule has 2 aromatic carbocycles. The van der Waals surface area contributed by atoms with Crippen LogP contribution in [0.1, 0.15) is 72.4 Å². The summed E-state index contributed by atoms with van der Waals surface area (Å²) in [6, 6.07) is 9.91. The average Bonchev–Trinajstić information content (AvgIpc) is 3.04. The van der Waals surface area contributed by atoms with Gasteiger partial charge in [-0.25, -0.2) is 9.59 Å². The summed E-state index contributed by atoms with van der Waals surface area (Å²) in [6.45, 7) is 16.7. The third-order valence-electron chi connectivity index (χ3n) is 6.71. The van der Waals surface area contributed by atoms with Crippen molar-refractivity contribution in [1.82, 2.24) is 10.2 Å². The molecule has 0 saturated heterocycles. The van der Waals surface area contributed by atoms with Gasteiger partial charge in [0.1, 0.15) is 30.4 Å². The molecule has 288 valence electrons. The molecular formula is C38H49Cl2N5O8. The number of nitrogens with zero attached hydrogens (tertiary/aromatic N) is 3. The largest absolute Gasteiger partial charge is 0.490 e. The van der Waals surface area contributed by atoms with E-state index in [2.05, 4.69) is 27.4 Å². The van der Waals surface area contributed by atoms with E-state index in [0.717, 1.165) is 4.90 Å². The summed E-state index contributed by atoms with van der Waals surface area (Å²) >= 11 is 13.1. The van der Waals surface area contributed by atoms with Crippen molar-refractivity contribution in [2.24, 2.45) is 10.1 Å². The summed E-state index contributed by atoms with van der Waals surface area (Å²) in [7, 11) is 0. The molecule has 0 heterocycles. The van der Waals surface area contributed by atoms with Crippen molar-refractivity contribution < 1.29 is 38.6 Å². The summed E-state index contributed by atoms with van der Waals surface area (Å²) in [6.07, 6.45) is 3.33. The summed E-state index contributed by atoms with van der Waals surface area (Å²) in [5.41, 5.74) is -0.110. The van der Waals surface area contributed by atoms with E-state index in [9.17, 15) is 24.3 Å². The van der Waals surface area contributed by atoms with Gasteiger partial charge in [0.15, 0.2) is 0 Å². The number of benzene rings is 2. The number of rotatable bonds is 17. The van der Waals surface area contributed by atoms with Gasteiger partial charge in [-0.1, -0.05) is 47.1 Å². The maximum atomic E-state index is 13.5. The molecule has 0 saturated carbocycles. The first-order valence-electron chi connectivity index (χ1n) is 16.9. The van der Waals surface area contributed by atoms with Crippen LogP contribution < -0.4 is 15.4 Å². The molecule has 13 nitrogen and oxygen atoms in total. The average molecular weight is 775 g/mol. The number of esters is 1. The van der Waals surface area contributed by atoms with E-state index in [0.29, 0.717) is 36.4 Å². The third kappa shape index (κ3) is 16.2. The van der Waals surface area contributed by atoms with Crippen molar-refractivity contribution >= 4 is 64.3 Å². The first-order valence-corrected chi connectivity index (χ1v) is 17.6. The molecule has 0 unspecified atom stereocenters. The van der Waals surface area contributed by atoms with Gasteiger partial charge in [-0.2, -0.15) is 4.99 Å². The van der Waals surface area contributed by atoms with Crippen LogP contribution in [0.15, 0.2) is 71.4 Å². The lowest BCUT2D eigenvalue weighted by atomic mass is 10.0. The molecule has 2 aromatic rings. The zero-order chi connectivity index (χ0) is 39.8. The van der Waals surface area contributed by atoms with Gasteiger partial charge >= 0.3 is 12.1 Å². The van der Waals surface area contributed by atoms with E-state index >= 15 is 0 Å². The second-order valence-electron chi connectivity index (χ2n) is 13.5. The lowest BCUT2D eigenvalue weighted by Crippen LogP contribution is -2.49. The number of anilines is 1.